The molecular weight excluding hydrogens is 393 g/mol. The average Bonchev–Trinajstić information content (AvgIpc) is 2.74. The predicted octanol–water partition coefficient (Wildman–Crippen LogP) is 2.77. The molecule has 0 aliphatic carbocycles. The molecule has 154 valence electrons. The van der Waals surface area contributed by atoms with E-state index in [9.17, 15) is 17.6 Å². The summed E-state index contributed by atoms with van der Waals surface area (Å²) in [7, 11) is -3.53. The molecule has 2 aromatic rings. The van der Waals surface area contributed by atoms with E-state index in [0.29, 0.717) is 26.2 Å². The normalized spacial score (nSPS) is 17.3. The second-order valence-electron chi connectivity index (χ2n) is 6.84. The van der Waals surface area contributed by atoms with Crippen LogP contribution < -0.4 is 5.32 Å². The van der Waals surface area contributed by atoms with E-state index in [1.165, 1.54) is 21.8 Å². The number of sulfonamides is 1. The number of rotatable bonds is 6. The van der Waals surface area contributed by atoms with Gasteiger partial charge in [0.1, 0.15) is 5.82 Å². The molecule has 1 fully saturated rings. The van der Waals surface area contributed by atoms with Crippen LogP contribution in [0.15, 0.2) is 60.0 Å². The number of amides is 1. The lowest BCUT2D eigenvalue weighted by molar-refractivity contribution is -0.121. The van der Waals surface area contributed by atoms with Crippen molar-refractivity contribution in [1.82, 2.24) is 9.21 Å². The summed E-state index contributed by atoms with van der Waals surface area (Å²) in [5, 5.41) is 3.80. The molecular formula is C21H24FN3O3S. The summed E-state index contributed by atoms with van der Waals surface area (Å²) in [5.41, 5.74) is 0.949. The number of hydrogen-bond donors (Lipinski definition) is 1. The van der Waals surface area contributed by atoms with Gasteiger partial charge in [-0.25, -0.2) is 12.8 Å². The van der Waals surface area contributed by atoms with Gasteiger partial charge >= 0.3 is 0 Å². The first-order chi connectivity index (χ1) is 13.9. The lowest BCUT2D eigenvalue weighted by atomic mass is 10.2. The SMILES string of the molecule is C[C@@H](C(=O)Nc1ccccc1F)N1CCN(S(=O)(=O)/C=C/c2ccccc2)CC1. The van der Waals surface area contributed by atoms with Crippen molar-refractivity contribution in [3.05, 3.63) is 71.4 Å². The van der Waals surface area contributed by atoms with E-state index in [2.05, 4.69) is 5.32 Å². The summed E-state index contributed by atoms with van der Waals surface area (Å²) >= 11 is 0. The Balaban J connectivity index is 1.56. The molecule has 1 atom stereocenters. The Bertz CT molecular complexity index is 972. The van der Waals surface area contributed by atoms with Gasteiger partial charge in [0.25, 0.3) is 0 Å². The van der Waals surface area contributed by atoms with E-state index in [1.54, 1.807) is 25.1 Å². The first-order valence-electron chi connectivity index (χ1n) is 9.39. The van der Waals surface area contributed by atoms with Crippen LogP contribution in [0.25, 0.3) is 6.08 Å². The number of hydrogen-bond acceptors (Lipinski definition) is 4. The molecule has 1 amide bonds. The minimum absolute atomic E-state index is 0.136. The van der Waals surface area contributed by atoms with Crippen LogP contribution in [-0.2, 0) is 14.8 Å². The molecule has 2 aromatic carbocycles. The van der Waals surface area contributed by atoms with Gasteiger partial charge in [0, 0.05) is 31.6 Å². The zero-order chi connectivity index (χ0) is 20.9. The maximum Gasteiger partial charge on any atom is 0.241 e. The predicted molar refractivity (Wildman–Crippen MR) is 112 cm³/mol. The Labute approximate surface area is 170 Å². The number of carbonyl (C=O) groups excluding carboxylic acids is 1. The van der Waals surface area contributed by atoms with Crippen molar-refractivity contribution >= 4 is 27.7 Å². The fraction of sp³-hybridized carbons (Fsp3) is 0.286. The number of nitrogens with zero attached hydrogens (tertiary/aromatic N) is 2. The quantitative estimate of drug-likeness (QED) is 0.785. The van der Waals surface area contributed by atoms with Crippen molar-refractivity contribution in [1.29, 1.82) is 0 Å². The highest BCUT2D eigenvalue weighted by Gasteiger charge is 2.30. The van der Waals surface area contributed by atoms with Crippen LogP contribution in [0.2, 0.25) is 0 Å². The first-order valence-corrected chi connectivity index (χ1v) is 10.9. The Kier molecular flexibility index (Phi) is 6.79. The molecule has 8 heteroatoms. The van der Waals surface area contributed by atoms with Gasteiger partial charge in [-0.1, -0.05) is 42.5 Å². The molecule has 0 bridgehead atoms. The molecule has 1 saturated heterocycles. The Morgan fingerprint density at radius 2 is 1.66 bits per heavy atom. The fourth-order valence-electron chi connectivity index (χ4n) is 3.13. The highest BCUT2D eigenvalue weighted by atomic mass is 32.2. The van der Waals surface area contributed by atoms with Crippen molar-refractivity contribution in [2.75, 3.05) is 31.5 Å². The molecule has 0 unspecified atom stereocenters. The molecule has 3 rings (SSSR count). The maximum absolute atomic E-state index is 13.7. The monoisotopic (exact) mass is 417 g/mol. The zero-order valence-electron chi connectivity index (χ0n) is 16.2. The van der Waals surface area contributed by atoms with Crippen molar-refractivity contribution < 1.29 is 17.6 Å². The minimum Gasteiger partial charge on any atom is -0.322 e. The van der Waals surface area contributed by atoms with Gasteiger partial charge in [-0.2, -0.15) is 4.31 Å². The van der Waals surface area contributed by atoms with Crippen LogP contribution in [0.5, 0.6) is 0 Å². The largest absolute Gasteiger partial charge is 0.322 e. The number of benzene rings is 2. The summed E-state index contributed by atoms with van der Waals surface area (Å²) in [6.45, 7) is 3.15. The standard InChI is InChI=1S/C21H24FN3O3S/c1-17(21(26)23-20-10-6-5-9-19(20)22)24-12-14-25(15-13-24)29(27,28)16-11-18-7-3-2-4-8-18/h2-11,16-17H,12-15H2,1H3,(H,23,26)/b16-11+/t17-/m0/s1. The van der Waals surface area contributed by atoms with Crippen LogP contribution in [0.4, 0.5) is 10.1 Å². The molecule has 1 heterocycles. The van der Waals surface area contributed by atoms with Crippen molar-refractivity contribution in [2.24, 2.45) is 0 Å². The molecule has 1 aliphatic heterocycles. The van der Waals surface area contributed by atoms with Gasteiger partial charge in [-0.3, -0.25) is 9.69 Å². The van der Waals surface area contributed by atoms with E-state index in [-0.39, 0.29) is 11.6 Å². The van der Waals surface area contributed by atoms with Gasteiger partial charge < -0.3 is 5.32 Å². The molecule has 0 saturated carbocycles. The Morgan fingerprint density at radius 1 is 1.03 bits per heavy atom. The second kappa shape index (κ2) is 9.30. The van der Waals surface area contributed by atoms with Gasteiger partial charge in [-0.05, 0) is 30.7 Å². The molecule has 0 radical (unpaired) electrons. The summed E-state index contributed by atoms with van der Waals surface area (Å²) in [5.74, 6) is -0.815. The first kappa shape index (κ1) is 21.2. The molecule has 0 aromatic heterocycles. The minimum atomic E-state index is -3.53. The van der Waals surface area contributed by atoms with Crippen molar-refractivity contribution in [2.45, 2.75) is 13.0 Å². The summed E-state index contributed by atoms with van der Waals surface area (Å²) in [6.07, 6.45) is 1.58. The average molecular weight is 418 g/mol. The zero-order valence-corrected chi connectivity index (χ0v) is 17.0. The third kappa shape index (κ3) is 5.50. The van der Waals surface area contributed by atoms with Crippen molar-refractivity contribution in [3.63, 3.8) is 0 Å². The van der Waals surface area contributed by atoms with Gasteiger partial charge in [-0.15, -0.1) is 0 Å². The molecule has 6 nitrogen and oxygen atoms in total. The van der Waals surface area contributed by atoms with Gasteiger partial charge in [0.15, 0.2) is 0 Å². The number of anilines is 1. The highest BCUT2D eigenvalue weighted by molar-refractivity contribution is 7.92. The van der Waals surface area contributed by atoms with Crippen LogP contribution in [0.3, 0.4) is 0 Å². The number of nitrogens with one attached hydrogen (secondary N) is 1. The van der Waals surface area contributed by atoms with E-state index < -0.39 is 21.9 Å². The molecule has 1 N–H and O–H groups in total. The maximum atomic E-state index is 13.7. The number of halogens is 1. The fourth-order valence-corrected chi connectivity index (χ4v) is 4.30. The van der Waals surface area contributed by atoms with Gasteiger partial charge in [0.2, 0.25) is 15.9 Å². The lowest BCUT2D eigenvalue weighted by Gasteiger charge is -2.36. The van der Waals surface area contributed by atoms with E-state index in [0.717, 1.165) is 5.56 Å². The third-order valence-electron chi connectivity index (χ3n) is 4.92. The number of piperazine rings is 1. The molecule has 1 aliphatic rings. The third-order valence-corrected chi connectivity index (χ3v) is 6.49. The lowest BCUT2D eigenvalue weighted by Crippen LogP contribution is -2.53. The topological polar surface area (TPSA) is 69.7 Å². The Morgan fingerprint density at radius 3 is 2.31 bits per heavy atom. The number of carbonyl (C=O) groups is 1. The van der Waals surface area contributed by atoms with E-state index >= 15 is 0 Å². The van der Waals surface area contributed by atoms with Crippen LogP contribution in [0.1, 0.15) is 12.5 Å². The number of para-hydroxylation sites is 1. The highest BCUT2D eigenvalue weighted by Crippen LogP contribution is 2.16. The molecule has 29 heavy (non-hydrogen) atoms. The van der Waals surface area contributed by atoms with Crippen LogP contribution in [0, 0.1) is 5.82 Å². The van der Waals surface area contributed by atoms with Crippen LogP contribution in [-0.4, -0.2) is 55.8 Å². The van der Waals surface area contributed by atoms with E-state index in [4.69, 9.17) is 0 Å². The summed E-state index contributed by atoms with van der Waals surface area (Å²) < 4.78 is 40.2. The summed E-state index contributed by atoms with van der Waals surface area (Å²) in [6, 6.07) is 14.7. The van der Waals surface area contributed by atoms with Gasteiger partial charge in [0.05, 0.1) is 11.7 Å². The summed E-state index contributed by atoms with van der Waals surface area (Å²) in [4.78, 5) is 14.3. The van der Waals surface area contributed by atoms with Crippen molar-refractivity contribution in [3.8, 4) is 0 Å². The van der Waals surface area contributed by atoms with Crippen LogP contribution >= 0.6 is 0 Å². The second-order valence-corrected chi connectivity index (χ2v) is 8.66. The molecule has 0 spiro atoms. The van der Waals surface area contributed by atoms with E-state index in [1.807, 2.05) is 35.2 Å². The Hall–Kier alpha value is -2.55. The smallest absolute Gasteiger partial charge is 0.241 e.